The third kappa shape index (κ3) is 5.76. The molecule has 0 bridgehead atoms. The molecule has 2 heterocycles. The van der Waals surface area contributed by atoms with Crippen LogP contribution in [-0.4, -0.2) is 16.7 Å². The zero-order valence-electron chi connectivity index (χ0n) is 12.7. The molecule has 0 aliphatic heterocycles. The van der Waals surface area contributed by atoms with Crippen molar-refractivity contribution in [1.82, 2.24) is 9.97 Å². The molecule has 1 aromatic carbocycles. The smallest absolute Gasteiger partial charge is 0.624 e. The molecule has 0 unspecified atom stereocenters. The van der Waals surface area contributed by atoms with Crippen LogP contribution in [0.15, 0.2) is 66.9 Å². The molecule has 0 saturated heterocycles. The van der Waals surface area contributed by atoms with E-state index in [0.717, 1.165) is 5.69 Å². The van der Waals surface area contributed by atoms with Crippen molar-refractivity contribution in [2.75, 3.05) is 6.73 Å². The number of nitrogens with zero attached hydrogens (tertiary/aromatic N) is 3. The quantitative estimate of drug-likeness (QED) is 0.364. The predicted molar refractivity (Wildman–Crippen MR) is 86.4 cm³/mol. The Morgan fingerprint density at radius 2 is 1.83 bits per heavy atom. The summed E-state index contributed by atoms with van der Waals surface area (Å²) >= 11 is 0. The minimum Gasteiger partial charge on any atom is -0.624 e. The molecule has 0 amide bonds. The van der Waals surface area contributed by atoms with E-state index < -0.39 is 0 Å². The Bertz CT molecular complexity index is 727. The number of rotatable bonds is 7. The van der Waals surface area contributed by atoms with Crippen LogP contribution in [0.1, 0.15) is 5.69 Å². The molecule has 0 atom stereocenters. The zero-order chi connectivity index (χ0) is 15.7. The zero-order valence-corrected chi connectivity index (χ0v) is 15.0. The summed E-state index contributed by atoms with van der Waals surface area (Å²) in [6.45, 7) is 0.723. The third-order valence-electron chi connectivity index (χ3n) is 2.90. The average molecular weight is 500 g/mol. The van der Waals surface area contributed by atoms with Gasteiger partial charge in [0.2, 0.25) is 11.8 Å². The van der Waals surface area contributed by atoms with Crippen LogP contribution in [-0.2, 0) is 27.6 Å². The van der Waals surface area contributed by atoms with Crippen molar-refractivity contribution >= 4 is 0 Å². The first kappa shape index (κ1) is 18.1. The molecular weight excluding hydrogens is 485 g/mol. The van der Waals surface area contributed by atoms with Crippen LogP contribution in [0.4, 0.5) is 0 Å². The van der Waals surface area contributed by atoms with E-state index in [2.05, 4.69) is 21.4 Å². The normalized spacial score (nSPS) is 9.83. The molecule has 3 aromatic rings. The summed E-state index contributed by atoms with van der Waals surface area (Å²) in [6.07, 6.45) is 1.74. The number of para-hydroxylation sites is 1. The molecule has 0 spiro atoms. The summed E-state index contributed by atoms with van der Waals surface area (Å²) in [4.78, 5) is 8.47. The van der Waals surface area contributed by atoms with Gasteiger partial charge in [-0.1, -0.05) is 12.1 Å². The Hall–Kier alpha value is -2.23. The third-order valence-corrected chi connectivity index (χ3v) is 2.90. The summed E-state index contributed by atoms with van der Waals surface area (Å²) in [5.41, 5.74) is 0.903. The Morgan fingerprint density at radius 3 is 2.62 bits per heavy atom. The minimum atomic E-state index is 0. The maximum Gasteiger partial charge on any atom is 2.00 e. The van der Waals surface area contributed by atoms with E-state index in [1.54, 1.807) is 24.4 Å². The minimum absolute atomic E-state index is 0. The Labute approximate surface area is 155 Å². The summed E-state index contributed by atoms with van der Waals surface area (Å²) in [6, 6.07) is 21.4. The molecule has 0 saturated carbocycles. The van der Waals surface area contributed by atoms with Crippen LogP contribution in [0, 0.1) is 6.07 Å². The standard InChI is InChI=1S/C18H15N3O2.Pt/c1-2-8-16(9-3-1)23-18-11-6-10-17(21-18)22-14-19-13-15-7-4-5-12-20-15;/h1-8,10-12H,13-14H2;/q-2;+2. The second kappa shape index (κ2) is 9.81. The van der Waals surface area contributed by atoms with Gasteiger partial charge in [0, 0.05) is 36.5 Å². The van der Waals surface area contributed by atoms with Crippen LogP contribution < -0.4 is 9.47 Å². The van der Waals surface area contributed by atoms with Crippen LogP contribution in [0.25, 0.3) is 5.32 Å². The molecule has 0 aliphatic rings. The molecule has 0 N–H and O–H groups in total. The van der Waals surface area contributed by atoms with Gasteiger partial charge in [-0.05, 0) is 12.1 Å². The molecule has 124 valence electrons. The molecule has 3 rings (SSSR count). The maximum atomic E-state index is 5.61. The molecule has 0 radical (unpaired) electrons. The average Bonchev–Trinajstić information content (AvgIpc) is 2.61. The number of pyridine rings is 2. The van der Waals surface area contributed by atoms with Crippen LogP contribution in [0.5, 0.6) is 17.5 Å². The Balaban J connectivity index is 0.00000208. The molecular formula is C18H15N3O2Pt. The summed E-state index contributed by atoms with van der Waals surface area (Å²) in [7, 11) is 0. The molecule has 2 aromatic heterocycles. The number of aromatic nitrogens is 2. The van der Waals surface area contributed by atoms with Crippen LogP contribution in [0.2, 0.25) is 0 Å². The Morgan fingerprint density at radius 1 is 0.958 bits per heavy atom. The van der Waals surface area contributed by atoms with Crippen molar-refractivity contribution in [1.29, 1.82) is 0 Å². The van der Waals surface area contributed by atoms with Gasteiger partial charge in [-0.15, -0.1) is 18.7 Å². The van der Waals surface area contributed by atoms with Gasteiger partial charge in [-0.2, -0.15) is 23.2 Å². The van der Waals surface area contributed by atoms with Crippen LogP contribution in [0.3, 0.4) is 0 Å². The fourth-order valence-electron chi connectivity index (χ4n) is 1.85. The van der Waals surface area contributed by atoms with E-state index in [1.807, 2.05) is 42.5 Å². The van der Waals surface area contributed by atoms with Gasteiger partial charge in [0.05, 0.1) is 0 Å². The van der Waals surface area contributed by atoms with E-state index in [1.165, 1.54) is 0 Å². The van der Waals surface area contributed by atoms with E-state index in [4.69, 9.17) is 9.47 Å². The Kier molecular flexibility index (Phi) is 7.40. The van der Waals surface area contributed by atoms with E-state index >= 15 is 0 Å². The molecule has 0 aliphatic carbocycles. The summed E-state index contributed by atoms with van der Waals surface area (Å²) < 4.78 is 11.1. The van der Waals surface area contributed by atoms with Crippen molar-refractivity contribution in [3.8, 4) is 17.5 Å². The largest absolute Gasteiger partial charge is 2.00 e. The van der Waals surface area contributed by atoms with Crippen molar-refractivity contribution in [2.24, 2.45) is 0 Å². The molecule has 0 fully saturated rings. The van der Waals surface area contributed by atoms with Gasteiger partial charge in [0.1, 0.15) is 0 Å². The monoisotopic (exact) mass is 500 g/mol. The number of hydrogen-bond donors (Lipinski definition) is 0. The van der Waals surface area contributed by atoms with Crippen molar-refractivity contribution in [2.45, 2.75) is 6.54 Å². The fraction of sp³-hybridized carbons (Fsp3) is 0.111. The number of hydrogen-bond acceptors (Lipinski definition) is 4. The molecule has 5 nitrogen and oxygen atoms in total. The van der Waals surface area contributed by atoms with Crippen molar-refractivity contribution in [3.63, 3.8) is 0 Å². The summed E-state index contributed by atoms with van der Waals surface area (Å²) in [5, 5.41) is 4.28. The van der Waals surface area contributed by atoms with Crippen LogP contribution >= 0.6 is 0 Å². The van der Waals surface area contributed by atoms with E-state index in [-0.39, 0.29) is 27.8 Å². The van der Waals surface area contributed by atoms with Crippen molar-refractivity contribution < 1.29 is 30.5 Å². The van der Waals surface area contributed by atoms with Gasteiger partial charge in [-0.25, -0.2) is 0 Å². The second-order valence-electron chi connectivity index (χ2n) is 4.62. The first-order valence-corrected chi connectivity index (χ1v) is 7.18. The van der Waals surface area contributed by atoms with E-state index in [9.17, 15) is 0 Å². The molecule has 6 heteroatoms. The summed E-state index contributed by atoms with van der Waals surface area (Å²) in [5.74, 6) is 1.52. The van der Waals surface area contributed by atoms with E-state index in [0.29, 0.717) is 24.1 Å². The second-order valence-corrected chi connectivity index (χ2v) is 4.62. The molecule has 24 heavy (non-hydrogen) atoms. The SMILES string of the molecule is [Pt+2].[c-]1ccccc1Oc1cccc(OC[N-]Cc2ccccn2)n1. The van der Waals surface area contributed by atoms with Gasteiger partial charge in [0.15, 0.2) is 0 Å². The van der Waals surface area contributed by atoms with Gasteiger partial charge >= 0.3 is 21.1 Å². The first-order chi connectivity index (χ1) is 11.4. The van der Waals surface area contributed by atoms with Crippen molar-refractivity contribution in [3.05, 3.63) is 83.9 Å². The predicted octanol–water partition coefficient (Wildman–Crippen LogP) is 3.98. The van der Waals surface area contributed by atoms with Gasteiger partial charge < -0.3 is 14.8 Å². The maximum absolute atomic E-state index is 5.61. The van der Waals surface area contributed by atoms with Gasteiger partial charge in [-0.3, -0.25) is 4.98 Å². The topological polar surface area (TPSA) is 58.3 Å². The number of benzene rings is 1. The first-order valence-electron chi connectivity index (χ1n) is 7.18. The number of ether oxygens (including phenoxy) is 2. The van der Waals surface area contributed by atoms with Gasteiger partial charge in [0.25, 0.3) is 0 Å². The fourth-order valence-corrected chi connectivity index (χ4v) is 1.85.